The van der Waals surface area contributed by atoms with Crippen LogP contribution in [-0.2, 0) is 19.6 Å². The molecule has 0 bridgehead atoms. The van der Waals surface area contributed by atoms with Gasteiger partial charge in [-0.3, -0.25) is 9.59 Å². The first-order chi connectivity index (χ1) is 17.0. The number of hydrogen-bond donors (Lipinski definition) is 2. The fourth-order valence-corrected chi connectivity index (χ4v) is 4.79. The summed E-state index contributed by atoms with van der Waals surface area (Å²) in [5.41, 5.74) is 0.576. The van der Waals surface area contributed by atoms with Gasteiger partial charge in [-0.1, -0.05) is 40.5 Å². The molecular weight excluding hydrogens is 482 g/mol. The van der Waals surface area contributed by atoms with E-state index in [2.05, 4.69) is 18.6 Å². The topological polar surface area (TPSA) is 124 Å². The lowest BCUT2D eigenvalue weighted by Gasteiger charge is -2.29. The van der Waals surface area contributed by atoms with Crippen LogP contribution in [0.15, 0.2) is 52.6 Å². The van der Waals surface area contributed by atoms with Gasteiger partial charge in [0.2, 0.25) is 0 Å². The Morgan fingerprint density at radius 1 is 1.03 bits per heavy atom. The Labute approximate surface area is 213 Å². The summed E-state index contributed by atoms with van der Waals surface area (Å²) >= 11 is 0. The van der Waals surface area contributed by atoms with Gasteiger partial charge in [-0.25, -0.2) is 17.9 Å². The Balaban J connectivity index is 2.15. The summed E-state index contributed by atoms with van der Waals surface area (Å²) in [6, 6.07) is 5.53. The van der Waals surface area contributed by atoms with Crippen molar-refractivity contribution in [1.82, 2.24) is 14.5 Å². The smallest absolute Gasteiger partial charge is 0.352 e. The monoisotopic (exact) mass is 519 g/mol. The number of carboxylic acids is 1. The molecule has 1 heterocycles. The first kappa shape index (κ1) is 29.1. The number of sulfonamides is 1. The number of unbranched alkanes of at least 4 members (excludes halogenated alkanes) is 2. The molecule has 198 valence electrons. The van der Waals surface area contributed by atoms with E-state index in [1.165, 1.54) is 41.3 Å². The van der Waals surface area contributed by atoms with E-state index in [9.17, 15) is 27.9 Å². The molecule has 1 aromatic carbocycles. The van der Waals surface area contributed by atoms with Crippen molar-refractivity contribution in [2.75, 3.05) is 26.2 Å². The second kappa shape index (κ2) is 13.2. The highest BCUT2D eigenvalue weighted by Gasteiger charge is 2.27. The van der Waals surface area contributed by atoms with Crippen molar-refractivity contribution in [2.45, 2.75) is 58.3 Å². The average molecular weight is 520 g/mol. The van der Waals surface area contributed by atoms with E-state index in [-0.39, 0.29) is 34.5 Å². The Bertz CT molecular complexity index is 1100. The van der Waals surface area contributed by atoms with Crippen molar-refractivity contribution in [1.29, 1.82) is 0 Å². The molecule has 0 unspecified atom stereocenters. The lowest BCUT2D eigenvalue weighted by molar-refractivity contribution is -0.134. The number of hydrogen-bond acceptors (Lipinski definition) is 6. The van der Waals surface area contributed by atoms with Crippen LogP contribution in [0.1, 0.15) is 63.7 Å². The Kier molecular flexibility index (Phi) is 10.7. The molecule has 1 aromatic rings. The van der Waals surface area contributed by atoms with Crippen LogP contribution < -0.4 is 4.72 Å². The lowest BCUT2D eigenvalue weighted by atomic mass is 10.1. The zero-order valence-electron chi connectivity index (χ0n) is 21.5. The number of amides is 2. The van der Waals surface area contributed by atoms with E-state index in [4.69, 9.17) is 0 Å². The SMILES string of the molecule is CCCCN(CCCC)C(=O)c1ccc(S(=O)(=O)NC(=O)C2=CC=C(C(=O)O)N(CC(C)C)C2)cc1. The summed E-state index contributed by atoms with van der Waals surface area (Å²) in [5, 5.41) is 9.40. The lowest BCUT2D eigenvalue weighted by Crippen LogP contribution is -2.40. The van der Waals surface area contributed by atoms with Gasteiger partial charge in [0.05, 0.1) is 4.90 Å². The zero-order valence-corrected chi connectivity index (χ0v) is 22.3. The Morgan fingerprint density at radius 2 is 1.61 bits per heavy atom. The van der Waals surface area contributed by atoms with Gasteiger partial charge in [-0.2, -0.15) is 0 Å². The fourth-order valence-electron chi connectivity index (χ4n) is 3.80. The minimum absolute atomic E-state index is 0.0174. The maximum absolute atomic E-state index is 12.9. The van der Waals surface area contributed by atoms with Crippen molar-refractivity contribution < 1.29 is 27.9 Å². The van der Waals surface area contributed by atoms with Crippen molar-refractivity contribution in [3.05, 3.63) is 53.3 Å². The summed E-state index contributed by atoms with van der Waals surface area (Å²) in [4.78, 5) is 40.3. The van der Waals surface area contributed by atoms with Gasteiger partial charge in [0.15, 0.2) is 0 Å². The summed E-state index contributed by atoms with van der Waals surface area (Å²) < 4.78 is 27.7. The highest BCUT2D eigenvalue weighted by Crippen LogP contribution is 2.19. The molecular formula is C26H37N3O6S. The molecule has 0 spiro atoms. The highest BCUT2D eigenvalue weighted by molar-refractivity contribution is 7.90. The van der Waals surface area contributed by atoms with Crippen molar-refractivity contribution in [2.24, 2.45) is 5.92 Å². The molecule has 1 aliphatic rings. The molecule has 2 rings (SSSR count). The molecule has 0 saturated heterocycles. The highest BCUT2D eigenvalue weighted by atomic mass is 32.2. The molecule has 0 radical (unpaired) electrons. The minimum atomic E-state index is -4.19. The number of benzene rings is 1. The maximum atomic E-state index is 12.9. The predicted molar refractivity (Wildman–Crippen MR) is 138 cm³/mol. The number of aliphatic carboxylic acids is 1. The van der Waals surface area contributed by atoms with E-state index in [1.807, 2.05) is 13.8 Å². The molecule has 36 heavy (non-hydrogen) atoms. The first-order valence-electron chi connectivity index (χ1n) is 12.4. The van der Waals surface area contributed by atoms with Gasteiger partial charge in [0.1, 0.15) is 5.70 Å². The van der Waals surface area contributed by atoms with Crippen LogP contribution in [0.5, 0.6) is 0 Å². The average Bonchev–Trinajstić information content (AvgIpc) is 2.83. The number of carbonyl (C=O) groups excluding carboxylic acids is 2. The summed E-state index contributed by atoms with van der Waals surface area (Å²) in [7, 11) is -4.19. The van der Waals surface area contributed by atoms with E-state index in [0.717, 1.165) is 25.7 Å². The van der Waals surface area contributed by atoms with E-state index >= 15 is 0 Å². The van der Waals surface area contributed by atoms with Gasteiger partial charge in [0, 0.05) is 37.3 Å². The Morgan fingerprint density at radius 3 is 2.11 bits per heavy atom. The quantitative estimate of drug-likeness (QED) is 0.409. The van der Waals surface area contributed by atoms with Crippen LogP contribution in [0.3, 0.4) is 0 Å². The Hall–Kier alpha value is -3.14. The third-order valence-corrected chi connectivity index (χ3v) is 7.08. The second-order valence-corrected chi connectivity index (χ2v) is 11.0. The number of nitrogens with zero attached hydrogens (tertiary/aromatic N) is 2. The van der Waals surface area contributed by atoms with Gasteiger partial charge >= 0.3 is 5.97 Å². The second-order valence-electron chi connectivity index (χ2n) is 9.28. The van der Waals surface area contributed by atoms with E-state index in [1.54, 1.807) is 4.90 Å². The van der Waals surface area contributed by atoms with Crippen LogP contribution in [0.2, 0.25) is 0 Å². The zero-order chi connectivity index (χ0) is 26.9. The van der Waals surface area contributed by atoms with Crippen LogP contribution in [-0.4, -0.2) is 67.3 Å². The number of carboxylic acid groups (broad SMARTS) is 1. The fraction of sp³-hybridized carbons (Fsp3) is 0.500. The molecule has 9 nitrogen and oxygen atoms in total. The summed E-state index contributed by atoms with van der Waals surface area (Å²) in [5.74, 6) is -1.95. The third kappa shape index (κ3) is 7.94. The first-order valence-corrected chi connectivity index (χ1v) is 13.8. The number of rotatable bonds is 13. The van der Waals surface area contributed by atoms with Gasteiger partial charge in [-0.15, -0.1) is 0 Å². The summed E-state index contributed by atoms with van der Waals surface area (Å²) in [6.45, 7) is 9.63. The molecule has 0 fully saturated rings. The summed E-state index contributed by atoms with van der Waals surface area (Å²) in [6.07, 6.45) is 6.34. The van der Waals surface area contributed by atoms with Gasteiger partial charge in [-0.05, 0) is 55.2 Å². The van der Waals surface area contributed by atoms with Crippen LogP contribution >= 0.6 is 0 Å². The maximum Gasteiger partial charge on any atom is 0.352 e. The molecule has 0 aliphatic carbocycles. The van der Waals surface area contributed by atoms with Gasteiger partial charge in [0.25, 0.3) is 21.8 Å². The predicted octanol–water partition coefficient (Wildman–Crippen LogP) is 3.40. The van der Waals surface area contributed by atoms with Crippen molar-refractivity contribution >= 4 is 27.8 Å². The number of nitrogens with one attached hydrogen (secondary N) is 1. The molecule has 2 amide bonds. The molecule has 2 N–H and O–H groups in total. The van der Waals surface area contributed by atoms with Crippen molar-refractivity contribution in [3.63, 3.8) is 0 Å². The number of allylic oxidation sites excluding steroid dienone is 2. The minimum Gasteiger partial charge on any atom is -0.477 e. The van der Waals surface area contributed by atoms with Gasteiger partial charge < -0.3 is 14.9 Å². The largest absolute Gasteiger partial charge is 0.477 e. The third-order valence-electron chi connectivity index (χ3n) is 5.73. The van der Waals surface area contributed by atoms with Crippen LogP contribution in [0.25, 0.3) is 0 Å². The van der Waals surface area contributed by atoms with Crippen LogP contribution in [0.4, 0.5) is 0 Å². The molecule has 10 heteroatoms. The number of carbonyl (C=O) groups is 3. The molecule has 0 aromatic heterocycles. The molecule has 0 saturated carbocycles. The van der Waals surface area contributed by atoms with Crippen LogP contribution in [0, 0.1) is 5.92 Å². The molecule has 1 aliphatic heterocycles. The molecule has 0 atom stereocenters. The standard InChI is InChI=1S/C26H37N3O6S/c1-5-7-15-28(16-8-6-2)25(31)20-9-12-22(13-10-20)36(34,35)27-24(30)21-11-14-23(26(32)33)29(18-21)17-19(3)4/h9-14,19H,5-8,15-18H2,1-4H3,(H,27,30)(H,32,33). The van der Waals surface area contributed by atoms with Crippen molar-refractivity contribution in [3.8, 4) is 0 Å². The van der Waals surface area contributed by atoms with E-state index < -0.39 is 21.9 Å². The van der Waals surface area contributed by atoms with E-state index in [0.29, 0.717) is 25.2 Å². The normalized spacial score (nSPS) is 13.8.